The number of carbonyl (C=O) groups is 3. The normalized spacial score (nSPS) is 19.5. The number of piperidine rings is 1. The van der Waals surface area contributed by atoms with Crippen molar-refractivity contribution >= 4 is 17.7 Å². The van der Waals surface area contributed by atoms with Gasteiger partial charge in [-0.2, -0.15) is 0 Å². The zero-order valence-corrected chi connectivity index (χ0v) is 15.2. The topological polar surface area (TPSA) is 105 Å². The van der Waals surface area contributed by atoms with Gasteiger partial charge in [0.05, 0.1) is 6.04 Å². The van der Waals surface area contributed by atoms with Crippen LogP contribution in [0.1, 0.15) is 53.0 Å². The lowest BCUT2D eigenvalue weighted by Crippen LogP contribution is -2.49. The first-order chi connectivity index (χ1) is 12.4. The van der Waals surface area contributed by atoms with Crippen LogP contribution in [0.25, 0.3) is 0 Å². The van der Waals surface area contributed by atoms with E-state index in [0.717, 1.165) is 18.4 Å². The standard InChI is InChI=1S/C19H26N4O3/c1-11(20)19(26)23-7-5-13(6-8-23)12(2)22-17(24)14-3-4-16-15(9-14)10-21-18(16)25/h3-4,9,11-13H,5-8,10,20H2,1-2H3,(H,21,25)(H,22,24)/t11-,12?/m0/s1. The molecule has 0 spiro atoms. The number of nitrogens with two attached hydrogens (primary N) is 1. The van der Waals surface area contributed by atoms with E-state index < -0.39 is 6.04 Å². The SMILES string of the molecule is CC(NC(=O)c1ccc2c(c1)CNC2=O)C1CCN(C(=O)[C@H](C)N)CC1. The Morgan fingerprint density at radius 2 is 1.96 bits per heavy atom. The number of likely N-dealkylation sites (tertiary alicyclic amines) is 1. The molecule has 0 radical (unpaired) electrons. The number of hydrogen-bond acceptors (Lipinski definition) is 4. The molecule has 2 heterocycles. The van der Waals surface area contributed by atoms with Crippen LogP contribution in [0.15, 0.2) is 18.2 Å². The number of nitrogens with one attached hydrogen (secondary N) is 2. The molecule has 3 rings (SSSR count). The molecule has 0 aliphatic carbocycles. The first kappa shape index (κ1) is 18.4. The predicted molar refractivity (Wildman–Crippen MR) is 97.5 cm³/mol. The van der Waals surface area contributed by atoms with Gasteiger partial charge < -0.3 is 21.3 Å². The first-order valence-electron chi connectivity index (χ1n) is 9.13. The fourth-order valence-electron chi connectivity index (χ4n) is 3.69. The fraction of sp³-hybridized carbons (Fsp3) is 0.526. The largest absolute Gasteiger partial charge is 0.349 e. The van der Waals surface area contributed by atoms with E-state index in [-0.39, 0.29) is 23.8 Å². The van der Waals surface area contributed by atoms with Gasteiger partial charge in [0, 0.05) is 36.8 Å². The second-order valence-electron chi connectivity index (χ2n) is 7.27. The number of fused-ring (bicyclic) bond motifs is 1. The third-order valence-electron chi connectivity index (χ3n) is 5.36. The van der Waals surface area contributed by atoms with Gasteiger partial charge >= 0.3 is 0 Å². The summed E-state index contributed by atoms with van der Waals surface area (Å²) < 4.78 is 0. The van der Waals surface area contributed by atoms with Crippen molar-refractivity contribution in [3.05, 3.63) is 34.9 Å². The molecule has 2 aliphatic rings. The van der Waals surface area contributed by atoms with Gasteiger partial charge in [-0.3, -0.25) is 14.4 Å². The summed E-state index contributed by atoms with van der Waals surface area (Å²) >= 11 is 0. The Morgan fingerprint density at radius 3 is 2.62 bits per heavy atom. The fourth-order valence-corrected chi connectivity index (χ4v) is 3.69. The quantitative estimate of drug-likeness (QED) is 0.734. The molecule has 7 heteroatoms. The van der Waals surface area contributed by atoms with E-state index in [0.29, 0.717) is 36.7 Å². The van der Waals surface area contributed by atoms with Crippen molar-refractivity contribution in [1.82, 2.24) is 15.5 Å². The van der Waals surface area contributed by atoms with Gasteiger partial charge in [0.1, 0.15) is 0 Å². The molecule has 2 atom stereocenters. The van der Waals surface area contributed by atoms with E-state index in [1.54, 1.807) is 30.0 Å². The maximum Gasteiger partial charge on any atom is 0.251 e. The van der Waals surface area contributed by atoms with Gasteiger partial charge in [0.25, 0.3) is 11.8 Å². The van der Waals surface area contributed by atoms with Crippen molar-refractivity contribution in [2.75, 3.05) is 13.1 Å². The second-order valence-corrected chi connectivity index (χ2v) is 7.27. The van der Waals surface area contributed by atoms with E-state index in [1.165, 1.54) is 0 Å². The Hall–Kier alpha value is -2.41. The molecular formula is C19H26N4O3. The molecule has 26 heavy (non-hydrogen) atoms. The molecule has 1 unspecified atom stereocenters. The van der Waals surface area contributed by atoms with E-state index >= 15 is 0 Å². The number of carbonyl (C=O) groups excluding carboxylic acids is 3. The summed E-state index contributed by atoms with van der Waals surface area (Å²) in [5, 5.41) is 5.82. The maximum absolute atomic E-state index is 12.5. The zero-order valence-electron chi connectivity index (χ0n) is 15.2. The van der Waals surface area contributed by atoms with Crippen LogP contribution >= 0.6 is 0 Å². The highest BCUT2D eigenvalue weighted by molar-refractivity contribution is 6.01. The van der Waals surface area contributed by atoms with Crippen molar-refractivity contribution < 1.29 is 14.4 Å². The predicted octanol–water partition coefficient (Wildman–Crippen LogP) is 0.634. The van der Waals surface area contributed by atoms with Crippen LogP contribution in [-0.4, -0.2) is 47.8 Å². The molecule has 0 aromatic heterocycles. The summed E-state index contributed by atoms with van der Waals surface area (Å²) in [6.45, 7) is 5.54. The number of amides is 3. The number of rotatable bonds is 4. The molecule has 0 bridgehead atoms. The molecule has 140 valence electrons. The third kappa shape index (κ3) is 3.72. The molecular weight excluding hydrogens is 332 g/mol. The Labute approximate surface area is 153 Å². The Bertz CT molecular complexity index is 723. The molecule has 0 saturated carbocycles. The summed E-state index contributed by atoms with van der Waals surface area (Å²) in [5.41, 5.74) is 7.73. The highest BCUT2D eigenvalue weighted by Gasteiger charge is 2.28. The lowest BCUT2D eigenvalue weighted by molar-refractivity contribution is -0.133. The minimum absolute atomic E-state index is 0.0126. The van der Waals surface area contributed by atoms with E-state index in [1.807, 2.05) is 6.92 Å². The van der Waals surface area contributed by atoms with Gasteiger partial charge in [0.15, 0.2) is 0 Å². The zero-order chi connectivity index (χ0) is 18.8. The maximum atomic E-state index is 12.5. The molecule has 2 aliphatic heterocycles. The van der Waals surface area contributed by atoms with Gasteiger partial charge in [-0.15, -0.1) is 0 Å². The van der Waals surface area contributed by atoms with E-state index in [4.69, 9.17) is 5.73 Å². The van der Waals surface area contributed by atoms with Crippen LogP contribution in [0.2, 0.25) is 0 Å². The van der Waals surface area contributed by atoms with Crippen LogP contribution in [0.3, 0.4) is 0 Å². The lowest BCUT2D eigenvalue weighted by atomic mass is 9.90. The van der Waals surface area contributed by atoms with Crippen LogP contribution < -0.4 is 16.4 Å². The first-order valence-corrected chi connectivity index (χ1v) is 9.13. The molecule has 1 aromatic carbocycles. The lowest BCUT2D eigenvalue weighted by Gasteiger charge is -2.35. The summed E-state index contributed by atoms with van der Waals surface area (Å²) in [7, 11) is 0. The van der Waals surface area contributed by atoms with E-state index in [2.05, 4.69) is 10.6 Å². The van der Waals surface area contributed by atoms with Crippen molar-refractivity contribution in [2.24, 2.45) is 11.7 Å². The summed E-state index contributed by atoms with van der Waals surface area (Å²) in [6.07, 6.45) is 1.70. The Kier molecular flexibility index (Phi) is 5.27. The summed E-state index contributed by atoms with van der Waals surface area (Å²) in [6, 6.07) is 4.72. The molecule has 7 nitrogen and oxygen atoms in total. The molecule has 1 fully saturated rings. The highest BCUT2D eigenvalue weighted by Crippen LogP contribution is 2.22. The highest BCUT2D eigenvalue weighted by atomic mass is 16.2. The third-order valence-corrected chi connectivity index (χ3v) is 5.36. The van der Waals surface area contributed by atoms with Crippen molar-refractivity contribution in [3.8, 4) is 0 Å². The van der Waals surface area contributed by atoms with Crippen molar-refractivity contribution in [3.63, 3.8) is 0 Å². The number of hydrogen-bond donors (Lipinski definition) is 3. The van der Waals surface area contributed by atoms with Gasteiger partial charge in [-0.05, 0) is 56.4 Å². The summed E-state index contributed by atoms with van der Waals surface area (Å²) in [4.78, 5) is 37.9. The average molecular weight is 358 g/mol. The Morgan fingerprint density at radius 1 is 1.27 bits per heavy atom. The number of nitrogens with zero attached hydrogens (tertiary/aromatic N) is 1. The monoisotopic (exact) mass is 358 g/mol. The minimum Gasteiger partial charge on any atom is -0.349 e. The molecule has 3 amide bonds. The average Bonchev–Trinajstić information content (AvgIpc) is 3.01. The van der Waals surface area contributed by atoms with Crippen molar-refractivity contribution in [2.45, 2.75) is 45.3 Å². The molecule has 4 N–H and O–H groups in total. The van der Waals surface area contributed by atoms with Crippen LogP contribution in [-0.2, 0) is 11.3 Å². The van der Waals surface area contributed by atoms with Gasteiger partial charge in [-0.1, -0.05) is 0 Å². The number of benzene rings is 1. The molecule has 1 aromatic rings. The minimum atomic E-state index is -0.468. The Balaban J connectivity index is 1.55. The van der Waals surface area contributed by atoms with Gasteiger partial charge in [0.2, 0.25) is 5.91 Å². The van der Waals surface area contributed by atoms with Crippen LogP contribution in [0.4, 0.5) is 0 Å². The van der Waals surface area contributed by atoms with Gasteiger partial charge in [-0.25, -0.2) is 0 Å². The smallest absolute Gasteiger partial charge is 0.251 e. The van der Waals surface area contributed by atoms with Crippen LogP contribution in [0.5, 0.6) is 0 Å². The summed E-state index contributed by atoms with van der Waals surface area (Å²) in [5.74, 6) is 0.0948. The van der Waals surface area contributed by atoms with Crippen LogP contribution in [0, 0.1) is 5.92 Å². The molecule has 1 saturated heterocycles. The van der Waals surface area contributed by atoms with Crippen molar-refractivity contribution in [1.29, 1.82) is 0 Å². The van der Waals surface area contributed by atoms with E-state index in [9.17, 15) is 14.4 Å². The second kappa shape index (κ2) is 7.45.